The first-order valence-electron chi connectivity index (χ1n) is 14.0. The predicted octanol–water partition coefficient (Wildman–Crippen LogP) is 7.63. The van der Waals surface area contributed by atoms with Gasteiger partial charge in [-0.1, -0.05) is 55.8 Å². The van der Waals surface area contributed by atoms with Gasteiger partial charge in [-0.25, -0.2) is 14.5 Å². The number of carbonyl (C=O) groups excluding carboxylic acids is 1. The van der Waals surface area contributed by atoms with Gasteiger partial charge in [0.15, 0.2) is 10.6 Å². The van der Waals surface area contributed by atoms with Crippen LogP contribution in [0, 0.1) is 13.8 Å². The predicted molar refractivity (Wildman–Crippen MR) is 163 cm³/mol. The van der Waals surface area contributed by atoms with Crippen LogP contribution in [-0.4, -0.2) is 31.7 Å². The molecule has 44 heavy (non-hydrogen) atoms. The number of rotatable bonds is 8. The molecule has 0 bridgehead atoms. The van der Waals surface area contributed by atoms with Crippen molar-refractivity contribution in [2.45, 2.75) is 52.9 Å². The van der Waals surface area contributed by atoms with Gasteiger partial charge < -0.3 is 10.1 Å². The molecule has 0 aliphatic carbocycles. The first-order valence-corrected chi connectivity index (χ1v) is 14.9. The average Bonchev–Trinajstić information content (AvgIpc) is 3.63. The molecule has 5 rings (SSSR count). The van der Waals surface area contributed by atoms with Crippen molar-refractivity contribution in [3.8, 4) is 28.5 Å². The van der Waals surface area contributed by atoms with Gasteiger partial charge in [-0.3, -0.25) is 4.57 Å². The van der Waals surface area contributed by atoms with Crippen LogP contribution in [-0.2, 0) is 6.54 Å². The summed E-state index contributed by atoms with van der Waals surface area (Å²) in [6.07, 6.45) is -2.27. The molecule has 8 nitrogen and oxygen atoms in total. The number of urea groups is 1. The van der Waals surface area contributed by atoms with E-state index in [4.69, 9.17) is 0 Å². The Morgan fingerprint density at radius 2 is 1.80 bits per heavy atom. The van der Waals surface area contributed by atoms with E-state index >= 15 is 0 Å². The van der Waals surface area contributed by atoms with Crippen molar-refractivity contribution in [2.75, 3.05) is 0 Å². The Kier molecular flexibility index (Phi) is 9.00. The summed E-state index contributed by atoms with van der Waals surface area (Å²) < 4.78 is 44.7. The van der Waals surface area contributed by atoms with E-state index in [0.29, 0.717) is 22.2 Å². The number of alkyl halides is 3. The number of aromatic nitrogens is 4. The van der Waals surface area contributed by atoms with Crippen molar-refractivity contribution < 1.29 is 22.7 Å². The maximum absolute atomic E-state index is 12.9. The van der Waals surface area contributed by atoms with Gasteiger partial charge in [-0.05, 0) is 67.6 Å². The van der Waals surface area contributed by atoms with Gasteiger partial charge in [0, 0.05) is 23.2 Å². The van der Waals surface area contributed by atoms with Crippen molar-refractivity contribution in [1.29, 1.82) is 0 Å². The minimum Gasteiger partial charge on any atom is -0.406 e. The highest BCUT2D eigenvalue weighted by Gasteiger charge is 2.31. The Morgan fingerprint density at radius 3 is 2.48 bits per heavy atom. The largest absolute Gasteiger partial charge is 0.573 e. The minimum absolute atomic E-state index is 0.282. The monoisotopic (exact) mass is 620 g/mol. The number of ether oxygens (including phenoxy) is 1. The van der Waals surface area contributed by atoms with E-state index in [0.717, 1.165) is 28.9 Å². The third-order valence-electron chi connectivity index (χ3n) is 7.13. The number of nitrogens with zero attached hydrogens (tertiary/aromatic N) is 5. The number of nitrogens with one attached hydrogen (secondary N) is 1. The molecule has 0 saturated carbocycles. The fourth-order valence-electron chi connectivity index (χ4n) is 4.65. The average molecular weight is 621 g/mol. The van der Waals surface area contributed by atoms with Crippen LogP contribution in [0.2, 0.25) is 0 Å². The summed E-state index contributed by atoms with van der Waals surface area (Å²) in [6, 6.07) is 18.7. The number of amides is 2. The zero-order valence-corrected chi connectivity index (χ0v) is 25.4. The lowest BCUT2D eigenvalue weighted by molar-refractivity contribution is -0.274. The molecule has 2 aromatic heterocycles. The zero-order chi connectivity index (χ0) is 31.4. The molecule has 0 aliphatic rings. The van der Waals surface area contributed by atoms with E-state index in [1.54, 1.807) is 0 Å². The van der Waals surface area contributed by atoms with Crippen LogP contribution in [0.25, 0.3) is 22.8 Å². The second-order valence-corrected chi connectivity index (χ2v) is 11.2. The van der Waals surface area contributed by atoms with E-state index in [1.165, 1.54) is 57.7 Å². The molecule has 0 radical (unpaired) electrons. The van der Waals surface area contributed by atoms with Crippen LogP contribution in [0.3, 0.4) is 0 Å². The second kappa shape index (κ2) is 12.9. The molecule has 0 spiro atoms. The molecule has 0 aliphatic heterocycles. The Morgan fingerprint density at radius 1 is 1.07 bits per heavy atom. The lowest BCUT2D eigenvalue weighted by Gasteiger charge is -2.18. The van der Waals surface area contributed by atoms with Crippen LogP contribution in [0.5, 0.6) is 5.75 Å². The first-order chi connectivity index (χ1) is 21.0. The lowest BCUT2D eigenvalue weighted by Crippen LogP contribution is -2.24. The zero-order valence-electron chi connectivity index (χ0n) is 24.6. The Hall–Kier alpha value is -4.71. The van der Waals surface area contributed by atoms with Gasteiger partial charge in [0.25, 0.3) is 0 Å². The molecule has 12 heteroatoms. The van der Waals surface area contributed by atoms with Crippen LogP contribution >= 0.6 is 11.3 Å². The molecule has 3 aromatic carbocycles. The van der Waals surface area contributed by atoms with Gasteiger partial charge in [0.05, 0.1) is 11.4 Å². The number of halogens is 3. The van der Waals surface area contributed by atoms with Gasteiger partial charge in [0.1, 0.15) is 12.1 Å². The van der Waals surface area contributed by atoms with Crippen molar-refractivity contribution >= 4 is 17.4 Å². The second-order valence-electron chi connectivity index (χ2n) is 10.4. The highest BCUT2D eigenvalue weighted by Crippen LogP contribution is 2.28. The molecule has 228 valence electrons. The quantitative estimate of drug-likeness (QED) is 0.193. The summed E-state index contributed by atoms with van der Waals surface area (Å²) in [4.78, 5) is 22.2. The summed E-state index contributed by atoms with van der Waals surface area (Å²) in [5, 5.41) is 9.29. The third-order valence-corrected chi connectivity index (χ3v) is 8.07. The standard InChI is InChI=1S/C32H31F3N6O2S/c1-5-21(3)27-16-20(2)6-15-28(27)41-22(4)18-44-31(41)38-30(42)36-17-23-7-9-24(10-8-23)29-37-19-40(39-29)25-11-13-26(14-12-25)43-32(33,34)35/h6-16,18-19,21H,5,17H2,1-4H3,(H,36,42)/b38-31-. The van der Waals surface area contributed by atoms with Crippen molar-refractivity contribution in [2.24, 2.45) is 4.99 Å². The van der Waals surface area contributed by atoms with Crippen molar-refractivity contribution in [3.63, 3.8) is 0 Å². The number of carbonyl (C=O) groups is 1. The molecule has 0 saturated heterocycles. The Balaban J connectivity index is 1.25. The first kappa shape index (κ1) is 30.7. The fraction of sp³-hybridized carbons (Fsp3) is 0.250. The van der Waals surface area contributed by atoms with Crippen molar-refractivity contribution in [3.05, 3.63) is 106 Å². The summed E-state index contributed by atoms with van der Waals surface area (Å²) >= 11 is 1.42. The van der Waals surface area contributed by atoms with E-state index in [1.807, 2.05) is 41.1 Å². The highest BCUT2D eigenvalue weighted by molar-refractivity contribution is 7.07. The molecule has 5 aromatic rings. The maximum Gasteiger partial charge on any atom is 0.573 e. The summed E-state index contributed by atoms with van der Waals surface area (Å²) in [7, 11) is 0. The summed E-state index contributed by atoms with van der Waals surface area (Å²) in [6.45, 7) is 8.74. The van der Waals surface area contributed by atoms with Gasteiger partial charge in [-0.2, -0.15) is 4.99 Å². The molecule has 1 N–H and O–H groups in total. The maximum atomic E-state index is 12.9. The molecule has 1 unspecified atom stereocenters. The number of hydrogen-bond donors (Lipinski definition) is 1. The lowest BCUT2D eigenvalue weighted by atomic mass is 9.95. The Labute approximate surface area is 256 Å². The van der Waals surface area contributed by atoms with Crippen LogP contribution in [0.4, 0.5) is 18.0 Å². The van der Waals surface area contributed by atoms with E-state index in [-0.39, 0.29) is 12.3 Å². The van der Waals surface area contributed by atoms with Crippen LogP contribution in [0.1, 0.15) is 48.6 Å². The number of aryl methyl sites for hydroxylation is 2. The molecular weight excluding hydrogens is 589 g/mol. The summed E-state index contributed by atoms with van der Waals surface area (Å²) in [5.74, 6) is 0.485. The SMILES string of the molecule is CCC(C)c1cc(C)ccc1-n1c(C)cs/c1=N\C(=O)NCc1ccc(-c2ncn(-c3ccc(OC(F)(F)F)cc3)n2)cc1. The third kappa shape index (κ3) is 7.25. The number of thiazole rings is 1. The minimum atomic E-state index is -4.75. The Bertz CT molecular complexity index is 1820. The van der Waals surface area contributed by atoms with Crippen LogP contribution < -0.4 is 14.9 Å². The molecule has 2 amide bonds. The molecule has 1 atom stereocenters. The molecule has 0 fully saturated rings. The van der Waals surface area contributed by atoms with Gasteiger partial charge in [-0.15, -0.1) is 29.6 Å². The molecular formula is C32H31F3N6O2S. The van der Waals surface area contributed by atoms with Crippen molar-refractivity contribution in [1.82, 2.24) is 24.6 Å². The van der Waals surface area contributed by atoms with Gasteiger partial charge >= 0.3 is 12.4 Å². The number of hydrogen-bond acceptors (Lipinski definition) is 5. The summed E-state index contributed by atoms with van der Waals surface area (Å²) in [5.41, 5.74) is 6.60. The van der Waals surface area contributed by atoms with E-state index in [9.17, 15) is 18.0 Å². The topological polar surface area (TPSA) is 86.3 Å². The number of benzene rings is 3. The normalized spacial score (nSPS) is 12.8. The van der Waals surface area contributed by atoms with E-state index in [2.05, 4.69) is 64.1 Å². The van der Waals surface area contributed by atoms with Gasteiger partial charge in [0.2, 0.25) is 0 Å². The van der Waals surface area contributed by atoms with Crippen LogP contribution in [0.15, 0.2) is 83.4 Å². The smallest absolute Gasteiger partial charge is 0.406 e. The molecule has 2 heterocycles. The highest BCUT2D eigenvalue weighted by atomic mass is 32.1. The fourth-order valence-corrected chi connectivity index (χ4v) is 5.52. The van der Waals surface area contributed by atoms with E-state index < -0.39 is 12.4 Å².